The monoisotopic (exact) mass is 210 g/mol. The molecule has 0 aromatic rings. The zero-order chi connectivity index (χ0) is 8.82. The summed E-state index contributed by atoms with van der Waals surface area (Å²) >= 11 is 0. The molecule has 0 aromatic heterocycles. The minimum Gasteiger partial charge on any atom is -0.374 e. The summed E-state index contributed by atoms with van der Waals surface area (Å²) in [5, 5.41) is 0. The van der Waals surface area contributed by atoms with E-state index in [0.717, 1.165) is 19.3 Å². The van der Waals surface area contributed by atoms with Gasteiger partial charge in [0.05, 0.1) is 18.0 Å². The highest BCUT2D eigenvalue weighted by molar-refractivity contribution is 8.13. The van der Waals surface area contributed by atoms with Crippen molar-refractivity contribution < 1.29 is 13.2 Å². The highest BCUT2D eigenvalue weighted by Gasteiger charge is 2.48. The van der Waals surface area contributed by atoms with Gasteiger partial charge in [0.15, 0.2) is 0 Å². The predicted molar refractivity (Wildman–Crippen MR) is 45.7 cm³/mol. The van der Waals surface area contributed by atoms with Crippen LogP contribution in [0.4, 0.5) is 0 Å². The minimum atomic E-state index is -3.40. The summed E-state index contributed by atoms with van der Waals surface area (Å²) in [6.07, 6.45) is 2.81. The topological polar surface area (TPSA) is 43.4 Å². The molecule has 2 aliphatic rings. The molecule has 2 rings (SSSR count). The fourth-order valence-electron chi connectivity index (χ4n) is 2.25. The van der Waals surface area contributed by atoms with Crippen LogP contribution in [0.25, 0.3) is 0 Å². The molecule has 1 saturated carbocycles. The van der Waals surface area contributed by atoms with E-state index < -0.39 is 14.7 Å². The smallest absolute Gasteiger partial charge is 0.235 e. The van der Waals surface area contributed by atoms with Crippen molar-refractivity contribution in [2.24, 2.45) is 5.92 Å². The summed E-state index contributed by atoms with van der Waals surface area (Å²) in [5.41, 5.74) is -0.425. The molecule has 2 bridgehead atoms. The molecule has 0 N–H and O–H groups in total. The normalized spacial score (nSPS) is 40.6. The van der Waals surface area contributed by atoms with Gasteiger partial charge in [0.25, 0.3) is 0 Å². The van der Waals surface area contributed by atoms with Crippen LogP contribution in [0.2, 0.25) is 0 Å². The molecule has 2 fully saturated rings. The van der Waals surface area contributed by atoms with Crippen molar-refractivity contribution in [2.75, 3.05) is 12.4 Å². The Labute approximate surface area is 76.5 Å². The quantitative estimate of drug-likeness (QED) is 0.642. The van der Waals surface area contributed by atoms with Gasteiger partial charge >= 0.3 is 0 Å². The summed E-state index contributed by atoms with van der Waals surface area (Å²) in [6, 6.07) is 0. The van der Waals surface area contributed by atoms with Crippen molar-refractivity contribution in [1.29, 1.82) is 0 Å². The van der Waals surface area contributed by atoms with E-state index in [1.807, 2.05) is 0 Å². The van der Waals surface area contributed by atoms with Gasteiger partial charge in [-0.3, -0.25) is 0 Å². The highest BCUT2D eigenvalue weighted by Crippen LogP contribution is 2.45. The van der Waals surface area contributed by atoms with Gasteiger partial charge in [0.2, 0.25) is 9.05 Å². The Kier molecular flexibility index (Phi) is 1.90. The Morgan fingerprint density at radius 2 is 2.33 bits per heavy atom. The lowest BCUT2D eigenvalue weighted by molar-refractivity contribution is 0.000741. The first-order chi connectivity index (χ1) is 5.49. The van der Waals surface area contributed by atoms with Crippen molar-refractivity contribution in [3.05, 3.63) is 0 Å². The molecule has 12 heavy (non-hydrogen) atoms. The van der Waals surface area contributed by atoms with E-state index in [2.05, 4.69) is 0 Å². The third kappa shape index (κ3) is 1.60. The molecule has 5 heteroatoms. The Balaban J connectivity index is 2.13. The first kappa shape index (κ1) is 8.78. The average molecular weight is 211 g/mol. The molecule has 1 heterocycles. The summed E-state index contributed by atoms with van der Waals surface area (Å²) in [7, 11) is 1.79. The molecule has 3 nitrogen and oxygen atoms in total. The molecule has 1 aliphatic heterocycles. The lowest BCUT2D eigenvalue weighted by Crippen LogP contribution is -2.33. The van der Waals surface area contributed by atoms with Gasteiger partial charge in [-0.1, -0.05) is 0 Å². The van der Waals surface area contributed by atoms with Crippen molar-refractivity contribution in [1.82, 2.24) is 0 Å². The van der Waals surface area contributed by atoms with Crippen molar-refractivity contribution in [2.45, 2.75) is 24.9 Å². The number of fused-ring (bicyclic) bond motifs is 2. The van der Waals surface area contributed by atoms with E-state index in [1.54, 1.807) is 0 Å². The van der Waals surface area contributed by atoms with E-state index in [-0.39, 0.29) is 5.75 Å². The van der Waals surface area contributed by atoms with Gasteiger partial charge in [0.1, 0.15) is 0 Å². The largest absolute Gasteiger partial charge is 0.374 e. The third-order valence-electron chi connectivity index (χ3n) is 2.73. The molecule has 0 amide bonds. The molecule has 0 aromatic carbocycles. The highest BCUT2D eigenvalue weighted by atomic mass is 35.7. The van der Waals surface area contributed by atoms with Crippen LogP contribution in [-0.4, -0.2) is 26.4 Å². The molecule has 0 radical (unpaired) electrons. The van der Waals surface area contributed by atoms with E-state index in [4.69, 9.17) is 15.4 Å². The van der Waals surface area contributed by atoms with E-state index in [9.17, 15) is 8.42 Å². The van der Waals surface area contributed by atoms with Crippen molar-refractivity contribution in [3.8, 4) is 0 Å². The van der Waals surface area contributed by atoms with Gasteiger partial charge in [-0.25, -0.2) is 8.42 Å². The second kappa shape index (κ2) is 2.59. The fraction of sp³-hybridized carbons (Fsp3) is 1.00. The Hall–Kier alpha value is 0.200. The maximum atomic E-state index is 10.9. The van der Waals surface area contributed by atoms with Crippen LogP contribution in [0.1, 0.15) is 19.3 Å². The van der Waals surface area contributed by atoms with Crippen LogP contribution >= 0.6 is 10.7 Å². The van der Waals surface area contributed by atoms with Crippen molar-refractivity contribution >= 4 is 19.7 Å². The molecular weight excluding hydrogens is 200 g/mol. The fourth-order valence-corrected chi connectivity index (χ4v) is 3.82. The lowest BCUT2D eigenvalue weighted by atomic mass is 10.1. The molecule has 1 saturated heterocycles. The minimum absolute atomic E-state index is 0.0158. The number of ether oxygens (including phenoxy) is 1. The van der Waals surface area contributed by atoms with Crippen LogP contribution in [0.5, 0.6) is 0 Å². The van der Waals surface area contributed by atoms with Gasteiger partial charge in [-0.2, -0.15) is 0 Å². The molecular formula is C7H11ClO3S. The molecule has 1 aliphatic carbocycles. The first-order valence-electron chi connectivity index (χ1n) is 4.05. The van der Waals surface area contributed by atoms with Gasteiger partial charge in [0, 0.05) is 10.7 Å². The number of halogens is 1. The molecule has 2 unspecified atom stereocenters. The van der Waals surface area contributed by atoms with Crippen molar-refractivity contribution in [3.63, 3.8) is 0 Å². The maximum absolute atomic E-state index is 10.9. The van der Waals surface area contributed by atoms with E-state index in [0.29, 0.717) is 12.5 Å². The summed E-state index contributed by atoms with van der Waals surface area (Å²) < 4.78 is 27.2. The second-order valence-electron chi connectivity index (χ2n) is 3.79. The lowest BCUT2D eigenvalue weighted by Gasteiger charge is -2.24. The molecule has 0 spiro atoms. The zero-order valence-electron chi connectivity index (χ0n) is 6.62. The number of hydrogen-bond acceptors (Lipinski definition) is 3. The average Bonchev–Trinajstić information content (AvgIpc) is 2.40. The summed E-state index contributed by atoms with van der Waals surface area (Å²) in [5.74, 6) is 0.557. The third-order valence-corrected chi connectivity index (χ3v) is 3.93. The Morgan fingerprint density at radius 3 is 2.67 bits per heavy atom. The maximum Gasteiger partial charge on any atom is 0.235 e. The van der Waals surface area contributed by atoms with E-state index >= 15 is 0 Å². The van der Waals surface area contributed by atoms with Gasteiger partial charge in [-0.15, -0.1) is 0 Å². The number of hydrogen-bond donors (Lipinski definition) is 0. The van der Waals surface area contributed by atoms with Crippen LogP contribution in [0.15, 0.2) is 0 Å². The van der Waals surface area contributed by atoms with Crippen LogP contribution in [0, 0.1) is 5.92 Å². The zero-order valence-corrected chi connectivity index (χ0v) is 8.20. The van der Waals surface area contributed by atoms with Crippen LogP contribution in [-0.2, 0) is 13.8 Å². The van der Waals surface area contributed by atoms with Crippen LogP contribution in [0.3, 0.4) is 0 Å². The number of rotatable bonds is 2. The first-order valence-corrected chi connectivity index (χ1v) is 6.53. The Bertz CT molecular complexity index is 277. The van der Waals surface area contributed by atoms with Gasteiger partial charge < -0.3 is 4.74 Å². The SMILES string of the molecule is O=S(=O)(Cl)CC12CCC(CO1)C2. The second-order valence-corrected chi connectivity index (χ2v) is 6.56. The van der Waals surface area contributed by atoms with E-state index in [1.165, 1.54) is 0 Å². The Morgan fingerprint density at radius 1 is 1.58 bits per heavy atom. The summed E-state index contributed by atoms with van der Waals surface area (Å²) in [6.45, 7) is 0.715. The summed E-state index contributed by atoms with van der Waals surface area (Å²) in [4.78, 5) is 0. The van der Waals surface area contributed by atoms with Crippen LogP contribution < -0.4 is 0 Å². The molecule has 2 atom stereocenters. The predicted octanol–water partition coefficient (Wildman–Crippen LogP) is 1.12. The standard InChI is InChI=1S/C7H11ClO3S/c8-12(9,10)5-7-2-1-6(3-7)4-11-7/h6H,1-5H2. The molecule has 70 valence electrons. The van der Waals surface area contributed by atoms with Gasteiger partial charge in [-0.05, 0) is 25.2 Å².